The third-order valence-corrected chi connectivity index (χ3v) is 8.24. The Morgan fingerprint density at radius 1 is 0.860 bits per heavy atom. The minimum absolute atomic E-state index is 0.131. The molecular weight excluding hydrogens is 536 g/mol. The summed E-state index contributed by atoms with van der Waals surface area (Å²) in [7, 11) is 1.66. The van der Waals surface area contributed by atoms with Gasteiger partial charge in [0.05, 0.1) is 20.3 Å². The smallest absolute Gasteiger partial charge is 0.223 e. The summed E-state index contributed by atoms with van der Waals surface area (Å²) in [6, 6.07) is 33.3. The van der Waals surface area contributed by atoms with Gasteiger partial charge in [0.1, 0.15) is 6.61 Å². The Balaban J connectivity index is 1.40. The zero-order valence-corrected chi connectivity index (χ0v) is 24.9. The zero-order chi connectivity index (χ0) is 29.6. The van der Waals surface area contributed by atoms with Crippen molar-refractivity contribution in [1.29, 1.82) is 0 Å². The molecule has 0 unspecified atom stereocenters. The van der Waals surface area contributed by atoms with Crippen LogP contribution in [0.3, 0.4) is 0 Å². The Kier molecular flexibility index (Phi) is 8.75. The molecule has 6 nitrogen and oxygen atoms in total. The summed E-state index contributed by atoms with van der Waals surface area (Å²) in [6.07, 6.45) is 2.58. The van der Waals surface area contributed by atoms with E-state index in [2.05, 4.69) is 72.3 Å². The molecule has 5 aromatic rings. The third-order valence-electron chi connectivity index (χ3n) is 8.24. The molecule has 0 bridgehead atoms. The number of fused-ring (bicyclic) bond motifs is 1. The number of amides is 1. The highest BCUT2D eigenvalue weighted by molar-refractivity contribution is 5.87. The van der Waals surface area contributed by atoms with Crippen molar-refractivity contribution in [3.05, 3.63) is 131 Å². The highest BCUT2D eigenvalue weighted by Crippen LogP contribution is 2.39. The van der Waals surface area contributed by atoms with E-state index in [1.165, 1.54) is 11.1 Å². The number of benzene rings is 4. The maximum atomic E-state index is 13.7. The highest BCUT2D eigenvalue weighted by atomic mass is 16.5. The van der Waals surface area contributed by atoms with Crippen molar-refractivity contribution in [2.75, 3.05) is 33.4 Å². The average molecular weight is 575 g/mol. The molecule has 1 atom stereocenters. The van der Waals surface area contributed by atoms with Gasteiger partial charge in [-0.05, 0) is 47.4 Å². The number of hydrogen-bond donors (Lipinski definition) is 0. The lowest BCUT2D eigenvalue weighted by atomic mass is 9.87. The van der Waals surface area contributed by atoms with Crippen molar-refractivity contribution in [1.82, 2.24) is 9.47 Å². The van der Waals surface area contributed by atoms with Crippen molar-refractivity contribution in [2.24, 2.45) is 0 Å². The van der Waals surface area contributed by atoms with Crippen molar-refractivity contribution in [3.63, 3.8) is 0 Å². The van der Waals surface area contributed by atoms with Crippen LogP contribution in [-0.4, -0.2) is 48.8 Å². The van der Waals surface area contributed by atoms with E-state index in [9.17, 15) is 4.79 Å². The highest BCUT2D eigenvalue weighted by Gasteiger charge is 2.27. The molecule has 1 fully saturated rings. The van der Waals surface area contributed by atoms with Gasteiger partial charge in [-0.25, -0.2) is 0 Å². The van der Waals surface area contributed by atoms with Gasteiger partial charge in [0.15, 0.2) is 11.5 Å². The number of methoxy groups -OCH3 is 1. The largest absolute Gasteiger partial charge is 0.493 e. The van der Waals surface area contributed by atoms with Crippen LogP contribution in [0.25, 0.3) is 10.9 Å². The van der Waals surface area contributed by atoms with Gasteiger partial charge < -0.3 is 23.7 Å². The molecule has 43 heavy (non-hydrogen) atoms. The lowest BCUT2D eigenvalue weighted by Gasteiger charge is -2.29. The first-order chi connectivity index (χ1) is 21.1. The first-order valence-corrected chi connectivity index (χ1v) is 14.9. The summed E-state index contributed by atoms with van der Waals surface area (Å²) in [4.78, 5) is 15.7. The van der Waals surface area contributed by atoms with E-state index >= 15 is 0 Å². The summed E-state index contributed by atoms with van der Waals surface area (Å²) in [5, 5.41) is 1.15. The molecule has 6 heteroatoms. The van der Waals surface area contributed by atoms with E-state index in [4.69, 9.17) is 14.2 Å². The topological polar surface area (TPSA) is 52.9 Å². The second-order valence-electron chi connectivity index (χ2n) is 11.1. The molecule has 0 radical (unpaired) electrons. The number of ether oxygens (including phenoxy) is 3. The number of morpholine rings is 1. The summed E-state index contributed by atoms with van der Waals surface area (Å²) in [5.41, 5.74) is 6.85. The number of hydrogen-bond acceptors (Lipinski definition) is 4. The van der Waals surface area contributed by atoms with E-state index in [-0.39, 0.29) is 11.8 Å². The second-order valence-corrected chi connectivity index (χ2v) is 11.1. The average Bonchev–Trinajstić information content (AvgIpc) is 3.42. The Hall–Kier alpha value is -4.55. The molecule has 1 aromatic heterocycles. The number of rotatable bonds is 10. The number of carbonyl (C=O) groups is 1. The van der Waals surface area contributed by atoms with Crippen molar-refractivity contribution < 1.29 is 19.0 Å². The molecular formula is C37H38N2O4. The molecule has 6 rings (SSSR count). The van der Waals surface area contributed by atoms with Crippen LogP contribution in [0.1, 0.15) is 40.2 Å². The third kappa shape index (κ3) is 6.60. The Morgan fingerprint density at radius 3 is 2.37 bits per heavy atom. The van der Waals surface area contributed by atoms with Gasteiger partial charge in [-0.15, -0.1) is 0 Å². The second kappa shape index (κ2) is 13.2. The van der Waals surface area contributed by atoms with E-state index in [1.807, 2.05) is 47.4 Å². The van der Waals surface area contributed by atoms with E-state index in [0.717, 1.165) is 34.1 Å². The molecule has 1 amide bonds. The number of aromatic nitrogens is 1. The minimum Gasteiger partial charge on any atom is -0.493 e. The van der Waals surface area contributed by atoms with Crippen molar-refractivity contribution in [2.45, 2.75) is 32.4 Å². The zero-order valence-electron chi connectivity index (χ0n) is 24.9. The van der Waals surface area contributed by atoms with Crippen LogP contribution >= 0.6 is 0 Å². The van der Waals surface area contributed by atoms with Crippen molar-refractivity contribution >= 4 is 16.8 Å². The number of nitrogens with zero attached hydrogens (tertiary/aromatic N) is 2. The maximum absolute atomic E-state index is 13.7. The Labute approximate surface area is 253 Å². The monoisotopic (exact) mass is 574 g/mol. The molecule has 1 aliphatic rings. The van der Waals surface area contributed by atoms with Crippen LogP contribution in [0.2, 0.25) is 0 Å². The van der Waals surface area contributed by atoms with Crippen LogP contribution in [0.5, 0.6) is 11.5 Å². The fourth-order valence-electron chi connectivity index (χ4n) is 5.86. The van der Waals surface area contributed by atoms with Gasteiger partial charge >= 0.3 is 0 Å². The minimum atomic E-state index is -0.176. The maximum Gasteiger partial charge on any atom is 0.223 e. The van der Waals surface area contributed by atoms with Gasteiger partial charge in [0.25, 0.3) is 0 Å². The normalized spacial score (nSPS) is 14.0. The lowest BCUT2D eigenvalue weighted by Crippen LogP contribution is -2.41. The van der Waals surface area contributed by atoms with Gasteiger partial charge in [-0.2, -0.15) is 0 Å². The standard InChI is InChI=1S/C37H38N2O4/c1-27-12-14-28(15-13-27)24-39-25-33(31-10-6-7-11-34(31)39)32(23-37(40)38-18-20-42-21-19-38)30-16-17-35(41-2)36(22-30)43-26-29-8-4-3-5-9-29/h3-17,22,25,32H,18-21,23-24,26H2,1-2H3/t32-/m1/s1. The van der Waals surface area contributed by atoms with Gasteiger partial charge in [0.2, 0.25) is 5.91 Å². The van der Waals surface area contributed by atoms with Crippen LogP contribution in [0, 0.1) is 6.92 Å². The molecule has 1 aliphatic heterocycles. The molecule has 0 saturated carbocycles. The van der Waals surface area contributed by atoms with Gasteiger partial charge in [0, 0.05) is 49.1 Å². The number of aryl methyl sites for hydroxylation is 1. The quantitative estimate of drug-likeness (QED) is 0.181. The molecule has 220 valence electrons. The summed E-state index contributed by atoms with van der Waals surface area (Å²) >= 11 is 0. The first kappa shape index (κ1) is 28.6. The van der Waals surface area contributed by atoms with Crippen LogP contribution in [0.15, 0.2) is 103 Å². The molecule has 0 spiro atoms. The van der Waals surface area contributed by atoms with E-state index < -0.39 is 0 Å². The molecule has 2 heterocycles. The molecule has 0 aliphatic carbocycles. The first-order valence-electron chi connectivity index (χ1n) is 14.9. The van der Waals surface area contributed by atoms with Gasteiger partial charge in [-0.3, -0.25) is 4.79 Å². The van der Waals surface area contributed by atoms with Crippen LogP contribution in [-0.2, 0) is 22.7 Å². The Morgan fingerprint density at radius 2 is 1.60 bits per heavy atom. The van der Waals surface area contributed by atoms with Crippen LogP contribution in [0.4, 0.5) is 0 Å². The predicted molar refractivity (Wildman–Crippen MR) is 170 cm³/mol. The molecule has 0 N–H and O–H groups in total. The molecule has 4 aromatic carbocycles. The van der Waals surface area contributed by atoms with E-state index in [1.54, 1.807) is 7.11 Å². The lowest BCUT2D eigenvalue weighted by molar-refractivity contribution is -0.135. The Bertz CT molecular complexity index is 1670. The molecule has 1 saturated heterocycles. The summed E-state index contributed by atoms with van der Waals surface area (Å²) in [6.45, 7) is 5.67. The fraction of sp³-hybridized carbons (Fsp3) is 0.270. The number of carbonyl (C=O) groups excluding carboxylic acids is 1. The SMILES string of the molecule is COc1ccc([C@@H](CC(=O)N2CCOCC2)c2cn(Cc3ccc(C)cc3)c3ccccc23)cc1OCc1ccccc1. The summed E-state index contributed by atoms with van der Waals surface area (Å²) < 4.78 is 19.8. The summed E-state index contributed by atoms with van der Waals surface area (Å²) in [5.74, 6) is 1.28. The predicted octanol–water partition coefficient (Wildman–Crippen LogP) is 6.97. The van der Waals surface area contributed by atoms with Crippen LogP contribution < -0.4 is 9.47 Å². The van der Waals surface area contributed by atoms with Crippen molar-refractivity contribution in [3.8, 4) is 11.5 Å². The van der Waals surface area contributed by atoms with Gasteiger partial charge in [-0.1, -0.05) is 84.4 Å². The van der Waals surface area contributed by atoms with E-state index in [0.29, 0.717) is 50.8 Å². The fourth-order valence-corrected chi connectivity index (χ4v) is 5.86. The number of para-hydroxylation sites is 1.